The van der Waals surface area contributed by atoms with E-state index in [1.165, 1.54) is 0 Å². The number of amides is 1. The molecule has 31 heavy (non-hydrogen) atoms. The van der Waals surface area contributed by atoms with Crippen molar-refractivity contribution in [1.29, 1.82) is 0 Å². The van der Waals surface area contributed by atoms with Crippen LogP contribution in [0.1, 0.15) is 10.4 Å². The summed E-state index contributed by atoms with van der Waals surface area (Å²) in [6, 6.07) is 18.7. The first kappa shape index (κ1) is 23.2. The van der Waals surface area contributed by atoms with E-state index in [0.717, 1.165) is 12.3 Å². The first-order valence-electron chi connectivity index (χ1n) is 10.7. The largest absolute Gasteiger partial charge is 0.491 e. The van der Waals surface area contributed by atoms with Gasteiger partial charge in [-0.3, -0.25) is 9.69 Å². The monoisotopic (exact) mass is 428 g/mol. The summed E-state index contributed by atoms with van der Waals surface area (Å²) in [7, 11) is 1.63. The van der Waals surface area contributed by atoms with E-state index in [9.17, 15) is 9.90 Å². The fourth-order valence-corrected chi connectivity index (χ4v) is 3.60. The van der Waals surface area contributed by atoms with Gasteiger partial charge in [-0.05, 0) is 24.3 Å². The molecule has 1 aliphatic heterocycles. The van der Waals surface area contributed by atoms with Gasteiger partial charge in [-0.15, -0.1) is 0 Å². The molecule has 7 nitrogen and oxygen atoms in total. The van der Waals surface area contributed by atoms with E-state index < -0.39 is 6.10 Å². The van der Waals surface area contributed by atoms with Crippen LogP contribution in [-0.2, 0) is 9.47 Å². The second-order valence-electron chi connectivity index (χ2n) is 7.64. The fraction of sp³-hybridized carbons (Fsp3) is 0.458. The van der Waals surface area contributed by atoms with Gasteiger partial charge < -0.3 is 24.2 Å². The summed E-state index contributed by atoms with van der Waals surface area (Å²) in [6.07, 6.45) is -0.727. The van der Waals surface area contributed by atoms with Crippen molar-refractivity contribution in [2.24, 2.45) is 0 Å². The quantitative estimate of drug-likeness (QED) is 0.590. The fourth-order valence-electron chi connectivity index (χ4n) is 3.60. The molecule has 2 aromatic rings. The number of benzene rings is 2. The number of rotatable bonds is 11. The summed E-state index contributed by atoms with van der Waals surface area (Å²) < 4.78 is 16.8. The number of morpholine rings is 1. The molecule has 1 fully saturated rings. The van der Waals surface area contributed by atoms with E-state index in [4.69, 9.17) is 14.2 Å². The minimum absolute atomic E-state index is 0.0327. The average Bonchev–Trinajstić information content (AvgIpc) is 2.81. The third-order valence-electron chi connectivity index (χ3n) is 5.17. The lowest BCUT2D eigenvalue weighted by Gasteiger charge is -2.36. The van der Waals surface area contributed by atoms with Crippen molar-refractivity contribution in [3.8, 4) is 5.75 Å². The van der Waals surface area contributed by atoms with Gasteiger partial charge in [0.15, 0.2) is 0 Å². The maximum atomic E-state index is 12.9. The molecule has 1 aliphatic rings. The number of para-hydroxylation sites is 1. The Kier molecular flexibility index (Phi) is 9.30. The summed E-state index contributed by atoms with van der Waals surface area (Å²) in [5.74, 6) is 0.712. The zero-order valence-electron chi connectivity index (χ0n) is 18.1. The van der Waals surface area contributed by atoms with Gasteiger partial charge in [-0.1, -0.05) is 36.4 Å². The minimum Gasteiger partial charge on any atom is -0.491 e. The van der Waals surface area contributed by atoms with Crippen LogP contribution in [-0.4, -0.2) is 92.7 Å². The zero-order valence-corrected chi connectivity index (χ0v) is 18.1. The Morgan fingerprint density at radius 3 is 2.61 bits per heavy atom. The van der Waals surface area contributed by atoms with Crippen LogP contribution >= 0.6 is 0 Å². The highest BCUT2D eigenvalue weighted by atomic mass is 16.5. The molecule has 3 rings (SSSR count). The molecule has 1 heterocycles. The lowest BCUT2D eigenvalue weighted by Crippen LogP contribution is -2.51. The Morgan fingerprint density at radius 1 is 1.19 bits per heavy atom. The molecule has 2 aromatic carbocycles. The maximum absolute atomic E-state index is 12.9. The highest BCUT2D eigenvalue weighted by Gasteiger charge is 2.26. The summed E-state index contributed by atoms with van der Waals surface area (Å²) >= 11 is 0. The van der Waals surface area contributed by atoms with E-state index >= 15 is 0 Å². The predicted molar refractivity (Wildman–Crippen MR) is 118 cm³/mol. The van der Waals surface area contributed by atoms with Crippen molar-refractivity contribution in [2.75, 3.05) is 59.7 Å². The molecule has 0 unspecified atom stereocenters. The topological polar surface area (TPSA) is 71.5 Å². The number of carbonyl (C=O) groups is 1. The molecule has 168 valence electrons. The molecule has 7 heteroatoms. The van der Waals surface area contributed by atoms with Gasteiger partial charge in [0.1, 0.15) is 18.5 Å². The molecule has 1 N–H and O–H groups in total. The van der Waals surface area contributed by atoms with Gasteiger partial charge in [-0.25, -0.2) is 0 Å². The van der Waals surface area contributed by atoms with Crippen molar-refractivity contribution in [3.63, 3.8) is 0 Å². The van der Waals surface area contributed by atoms with Crippen LogP contribution in [0.5, 0.6) is 5.75 Å². The average molecular weight is 429 g/mol. The number of carbonyl (C=O) groups excluding carboxylic acids is 1. The Morgan fingerprint density at radius 2 is 1.90 bits per heavy atom. The van der Waals surface area contributed by atoms with Crippen molar-refractivity contribution < 1.29 is 24.1 Å². The highest BCUT2D eigenvalue weighted by Crippen LogP contribution is 2.13. The van der Waals surface area contributed by atoms with Gasteiger partial charge in [0.25, 0.3) is 5.91 Å². The molecule has 1 saturated heterocycles. The minimum atomic E-state index is -0.602. The van der Waals surface area contributed by atoms with Gasteiger partial charge in [0.05, 0.1) is 19.3 Å². The predicted octanol–water partition coefficient (Wildman–Crippen LogP) is 1.92. The molecule has 1 amide bonds. The number of hydrogen-bond donors (Lipinski definition) is 1. The van der Waals surface area contributed by atoms with Gasteiger partial charge in [0.2, 0.25) is 0 Å². The van der Waals surface area contributed by atoms with Crippen molar-refractivity contribution in [1.82, 2.24) is 9.80 Å². The number of ether oxygens (including phenoxy) is 3. The second kappa shape index (κ2) is 12.4. The zero-order chi connectivity index (χ0) is 21.9. The Bertz CT molecular complexity index is 774. The van der Waals surface area contributed by atoms with E-state index in [-0.39, 0.29) is 18.6 Å². The Balaban J connectivity index is 1.51. The first-order valence-corrected chi connectivity index (χ1v) is 10.7. The summed E-state index contributed by atoms with van der Waals surface area (Å²) in [6.45, 7) is 4.12. The summed E-state index contributed by atoms with van der Waals surface area (Å²) in [4.78, 5) is 16.9. The molecular weight excluding hydrogens is 396 g/mol. The van der Waals surface area contributed by atoms with Gasteiger partial charge in [0, 0.05) is 45.4 Å². The Labute approximate surface area is 184 Å². The number of β-amino-alcohol motifs (C(OH)–C–C–N with tert-alkyl or cyclic N) is 1. The maximum Gasteiger partial charge on any atom is 0.254 e. The number of nitrogens with zero attached hydrogens (tertiary/aromatic N) is 2. The number of aliphatic hydroxyl groups excluding tert-OH is 1. The summed E-state index contributed by atoms with van der Waals surface area (Å²) in [5, 5.41) is 10.4. The SMILES string of the molecule is COCCN(C[C@H]1CN(C[C@@H](O)COc2ccccc2)CCO1)C(=O)c1ccccc1. The molecule has 2 atom stereocenters. The van der Waals surface area contributed by atoms with Crippen molar-refractivity contribution in [2.45, 2.75) is 12.2 Å². The van der Waals surface area contributed by atoms with E-state index in [1.54, 1.807) is 12.0 Å². The van der Waals surface area contributed by atoms with Gasteiger partial charge in [-0.2, -0.15) is 0 Å². The number of hydrogen-bond acceptors (Lipinski definition) is 6. The normalized spacial score (nSPS) is 17.8. The van der Waals surface area contributed by atoms with Crippen LogP contribution in [0.4, 0.5) is 0 Å². The molecular formula is C24H32N2O5. The van der Waals surface area contributed by atoms with Crippen LogP contribution in [0.15, 0.2) is 60.7 Å². The van der Waals surface area contributed by atoms with Crippen molar-refractivity contribution >= 4 is 5.91 Å². The lowest BCUT2D eigenvalue weighted by molar-refractivity contribution is -0.0546. The van der Waals surface area contributed by atoms with E-state index in [0.29, 0.717) is 45.0 Å². The van der Waals surface area contributed by atoms with E-state index in [2.05, 4.69) is 4.90 Å². The standard InChI is InChI=1S/C24H32N2O5/c1-29-14-13-26(24(28)20-8-4-2-5-9-20)18-23-17-25(12-15-30-23)16-21(27)19-31-22-10-6-3-7-11-22/h2-11,21,23,27H,12-19H2,1H3/t21-,23-/m1/s1. The molecule has 0 spiro atoms. The van der Waals surface area contributed by atoms with Crippen LogP contribution in [0.25, 0.3) is 0 Å². The number of aliphatic hydroxyl groups is 1. The molecule has 0 aromatic heterocycles. The van der Waals surface area contributed by atoms with E-state index in [1.807, 2.05) is 60.7 Å². The highest BCUT2D eigenvalue weighted by molar-refractivity contribution is 5.94. The van der Waals surface area contributed by atoms with Crippen LogP contribution in [0.3, 0.4) is 0 Å². The lowest BCUT2D eigenvalue weighted by atomic mass is 10.1. The van der Waals surface area contributed by atoms with Crippen LogP contribution < -0.4 is 4.74 Å². The third kappa shape index (κ3) is 7.63. The van der Waals surface area contributed by atoms with Crippen molar-refractivity contribution in [3.05, 3.63) is 66.2 Å². The second-order valence-corrected chi connectivity index (χ2v) is 7.64. The molecule has 0 radical (unpaired) electrons. The van der Waals surface area contributed by atoms with Crippen LogP contribution in [0.2, 0.25) is 0 Å². The first-order chi connectivity index (χ1) is 15.2. The molecule has 0 saturated carbocycles. The number of methoxy groups -OCH3 is 1. The molecule has 0 aliphatic carbocycles. The van der Waals surface area contributed by atoms with Crippen LogP contribution in [0, 0.1) is 0 Å². The molecule has 0 bridgehead atoms. The smallest absolute Gasteiger partial charge is 0.254 e. The Hall–Kier alpha value is -2.45. The third-order valence-corrected chi connectivity index (χ3v) is 5.17. The van der Waals surface area contributed by atoms with Gasteiger partial charge >= 0.3 is 0 Å². The summed E-state index contributed by atoms with van der Waals surface area (Å²) in [5.41, 5.74) is 0.653.